The monoisotopic (exact) mass is 278 g/mol. The lowest BCUT2D eigenvalue weighted by Crippen LogP contribution is -1.96. The van der Waals surface area contributed by atoms with Crippen molar-refractivity contribution >= 4 is 27.8 Å². The Balaban J connectivity index is 1.90. The van der Waals surface area contributed by atoms with Crippen LogP contribution in [0.15, 0.2) is 12.1 Å². The van der Waals surface area contributed by atoms with Crippen LogP contribution in [0.4, 0.5) is 5.13 Å². The van der Waals surface area contributed by atoms with Gasteiger partial charge in [-0.15, -0.1) is 21.5 Å². The van der Waals surface area contributed by atoms with Crippen LogP contribution in [0, 0.1) is 17.2 Å². The summed E-state index contributed by atoms with van der Waals surface area (Å²) in [5, 5.41) is 22.1. The lowest BCUT2D eigenvalue weighted by molar-refractivity contribution is 0.640. The number of hydrogen-bond acceptors (Lipinski definition) is 6. The third kappa shape index (κ3) is 3.52. The maximum atomic E-state index is 8.74. The number of thiophene rings is 1. The van der Waals surface area contributed by atoms with Gasteiger partial charge in [0, 0.05) is 11.3 Å². The van der Waals surface area contributed by atoms with Crippen molar-refractivity contribution < 1.29 is 0 Å². The van der Waals surface area contributed by atoms with Gasteiger partial charge in [-0.2, -0.15) is 5.26 Å². The standard InChI is InChI=1S/C12H14N4S2/c1-8(2)5-11-15-16-12(18-11)14-7-10-4-3-9(6-13)17-10/h3-4,8H,5,7H2,1-2H3,(H,14,16). The summed E-state index contributed by atoms with van der Waals surface area (Å²) >= 11 is 3.10. The van der Waals surface area contributed by atoms with Gasteiger partial charge in [0.15, 0.2) is 0 Å². The van der Waals surface area contributed by atoms with Crippen LogP contribution >= 0.6 is 22.7 Å². The van der Waals surface area contributed by atoms with Crippen molar-refractivity contribution in [3.8, 4) is 6.07 Å². The molecule has 0 spiro atoms. The molecule has 0 aliphatic rings. The topological polar surface area (TPSA) is 61.6 Å². The van der Waals surface area contributed by atoms with Gasteiger partial charge in [0.25, 0.3) is 0 Å². The molecule has 6 heteroatoms. The zero-order valence-corrected chi connectivity index (χ0v) is 11.9. The Morgan fingerprint density at radius 1 is 1.33 bits per heavy atom. The molecule has 2 aromatic heterocycles. The molecule has 94 valence electrons. The molecule has 4 nitrogen and oxygen atoms in total. The molecule has 0 unspecified atom stereocenters. The highest BCUT2D eigenvalue weighted by Gasteiger charge is 2.06. The van der Waals surface area contributed by atoms with E-state index in [1.165, 1.54) is 11.3 Å². The lowest BCUT2D eigenvalue weighted by Gasteiger charge is -1.98. The molecule has 1 N–H and O–H groups in total. The molecule has 0 saturated heterocycles. The smallest absolute Gasteiger partial charge is 0.205 e. The second-order valence-electron chi connectivity index (χ2n) is 4.33. The third-order valence-corrected chi connectivity index (χ3v) is 4.13. The zero-order chi connectivity index (χ0) is 13.0. The van der Waals surface area contributed by atoms with Gasteiger partial charge in [-0.3, -0.25) is 0 Å². The molecule has 2 rings (SSSR count). The van der Waals surface area contributed by atoms with E-state index in [0.29, 0.717) is 12.5 Å². The van der Waals surface area contributed by atoms with Crippen molar-refractivity contribution in [3.05, 3.63) is 26.9 Å². The lowest BCUT2D eigenvalue weighted by atomic mass is 10.1. The van der Waals surface area contributed by atoms with Gasteiger partial charge in [0.05, 0.1) is 6.54 Å². The first-order valence-corrected chi connectivity index (χ1v) is 7.35. The van der Waals surface area contributed by atoms with Gasteiger partial charge in [-0.1, -0.05) is 25.2 Å². The van der Waals surface area contributed by atoms with Crippen LogP contribution < -0.4 is 5.32 Å². The SMILES string of the molecule is CC(C)Cc1nnc(NCc2ccc(C#N)s2)s1. The van der Waals surface area contributed by atoms with E-state index in [-0.39, 0.29) is 0 Å². The molecule has 0 bridgehead atoms. The first kappa shape index (κ1) is 13.0. The summed E-state index contributed by atoms with van der Waals surface area (Å²) in [6, 6.07) is 5.94. The van der Waals surface area contributed by atoms with Gasteiger partial charge in [0.1, 0.15) is 16.0 Å². The first-order valence-electron chi connectivity index (χ1n) is 5.72. The average molecular weight is 278 g/mol. The summed E-state index contributed by atoms with van der Waals surface area (Å²) in [5.41, 5.74) is 0. The van der Waals surface area contributed by atoms with Crippen molar-refractivity contribution in [2.75, 3.05) is 5.32 Å². The quantitative estimate of drug-likeness (QED) is 0.911. The number of nitrogens with one attached hydrogen (secondary N) is 1. The maximum absolute atomic E-state index is 8.74. The molecular weight excluding hydrogens is 264 g/mol. The van der Waals surface area contributed by atoms with Gasteiger partial charge < -0.3 is 5.32 Å². The normalized spacial score (nSPS) is 10.6. The van der Waals surface area contributed by atoms with E-state index in [9.17, 15) is 0 Å². The zero-order valence-electron chi connectivity index (χ0n) is 10.3. The fourth-order valence-corrected chi connectivity index (χ4v) is 3.14. The van der Waals surface area contributed by atoms with E-state index >= 15 is 0 Å². The Kier molecular flexibility index (Phi) is 4.28. The minimum atomic E-state index is 0.598. The van der Waals surface area contributed by atoms with Crippen molar-refractivity contribution in [2.24, 2.45) is 5.92 Å². The molecule has 0 saturated carbocycles. The fraction of sp³-hybridized carbons (Fsp3) is 0.417. The third-order valence-electron chi connectivity index (χ3n) is 2.24. The number of nitrogens with zero attached hydrogens (tertiary/aromatic N) is 3. The van der Waals surface area contributed by atoms with Gasteiger partial charge >= 0.3 is 0 Å². The molecule has 0 aromatic carbocycles. The van der Waals surface area contributed by atoms with Crippen LogP contribution in [0.1, 0.15) is 28.6 Å². The molecule has 0 atom stereocenters. The Morgan fingerprint density at radius 2 is 2.17 bits per heavy atom. The van der Waals surface area contributed by atoms with Gasteiger partial charge in [-0.05, 0) is 18.1 Å². The van der Waals surface area contributed by atoms with Crippen LogP contribution in [0.25, 0.3) is 0 Å². The number of hydrogen-bond donors (Lipinski definition) is 1. The average Bonchev–Trinajstić information content (AvgIpc) is 2.94. The molecule has 2 aromatic rings. The molecule has 0 fully saturated rings. The maximum Gasteiger partial charge on any atom is 0.205 e. The molecule has 18 heavy (non-hydrogen) atoms. The summed E-state index contributed by atoms with van der Waals surface area (Å²) in [4.78, 5) is 1.87. The first-order chi connectivity index (χ1) is 8.67. The molecule has 0 amide bonds. The Labute approximate surface area is 114 Å². The largest absolute Gasteiger partial charge is 0.355 e. The van der Waals surface area contributed by atoms with E-state index in [2.05, 4.69) is 35.4 Å². The number of nitriles is 1. The summed E-state index contributed by atoms with van der Waals surface area (Å²) in [6.07, 6.45) is 0.969. The van der Waals surface area contributed by atoms with Crippen molar-refractivity contribution in [3.63, 3.8) is 0 Å². The van der Waals surface area contributed by atoms with Crippen molar-refractivity contribution in [2.45, 2.75) is 26.8 Å². The minimum Gasteiger partial charge on any atom is -0.355 e. The molecule has 0 aliphatic heterocycles. The summed E-state index contributed by atoms with van der Waals surface area (Å²) in [7, 11) is 0. The van der Waals surface area contributed by atoms with Crippen molar-refractivity contribution in [1.82, 2.24) is 10.2 Å². The highest BCUT2D eigenvalue weighted by Crippen LogP contribution is 2.21. The molecule has 0 radical (unpaired) electrons. The molecular formula is C12H14N4S2. The second kappa shape index (κ2) is 5.94. The van der Waals surface area contributed by atoms with Gasteiger partial charge in [-0.25, -0.2) is 0 Å². The van der Waals surface area contributed by atoms with E-state index in [0.717, 1.165) is 26.3 Å². The fourth-order valence-electron chi connectivity index (χ4n) is 1.45. The van der Waals surface area contributed by atoms with E-state index in [1.807, 2.05) is 12.1 Å². The summed E-state index contributed by atoms with van der Waals surface area (Å²) in [6.45, 7) is 5.04. The van der Waals surface area contributed by atoms with E-state index in [4.69, 9.17) is 5.26 Å². The van der Waals surface area contributed by atoms with E-state index in [1.54, 1.807) is 11.3 Å². The summed E-state index contributed by atoms with van der Waals surface area (Å²) in [5.74, 6) is 0.598. The van der Waals surface area contributed by atoms with Gasteiger partial charge in [0.2, 0.25) is 5.13 Å². The highest BCUT2D eigenvalue weighted by atomic mass is 32.1. The number of anilines is 1. The predicted molar refractivity (Wildman–Crippen MR) is 74.8 cm³/mol. The van der Waals surface area contributed by atoms with Crippen LogP contribution in [0.2, 0.25) is 0 Å². The molecule has 0 aliphatic carbocycles. The number of rotatable bonds is 5. The van der Waals surface area contributed by atoms with Crippen LogP contribution in [0.3, 0.4) is 0 Å². The highest BCUT2D eigenvalue weighted by molar-refractivity contribution is 7.15. The Morgan fingerprint density at radius 3 is 2.83 bits per heavy atom. The van der Waals surface area contributed by atoms with Crippen molar-refractivity contribution in [1.29, 1.82) is 5.26 Å². The minimum absolute atomic E-state index is 0.598. The Bertz CT molecular complexity index is 550. The van der Waals surface area contributed by atoms with Crippen LogP contribution in [-0.4, -0.2) is 10.2 Å². The second-order valence-corrected chi connectivity index (χ2v) is 6.56. The number of aromatic nitrogens is 2. The summed E-state index contributed by atoms with van der Waals surface area (Å²) < 4.78 is 0. The van der Waals surface area contributed by atoms with E-state index < -0.39 is 0 Å². The molecule has 2 heterocycles. The van der Waals surface area contributed by atoms with Crippen LogP contribution in [-0.2, 0) is 13.0 Å². The predicted octanol–water partition coefficient (Wildman–Crippen LogP) is 3.28. The Hall–Kier alpha value is -1.45. The van der Waals surface area contributed by atoms with Crippen LogP contribution in [0.5, 0.6) is 0 Å².